The number of anilines is 1. The number of aryl methyl sites for hydroxylation is 1. The molecule has 0 fully saturated rings. The van der Waals surface area contributed by atoms with Gasteiger partial charge in [0.1, 0.15) is 11.6 Å². The molecular weight excluding hydrogens is 279 g/mol. The number of nitrogens with zero attached hydrogens (tertiary/aromatic N) is 2. The van der Waals surface area contributed by atoms with Crippen molar-refractivity contribution in [3.63, 3.8) is 0 Å². The monoisotopic (exact) mass is 302 g/mol. The van der Waals surface area contributed by atoms with Crippen LogP contribution in [0.3, 0.4) is 0 Å². The molecule has 0 saturated carbocycles. The lowest BCUT2D eigenvalue weighted by molar-refractivity contribution is 0.182. The summed E-state index contributed by atoms with van der Waals surface area (Å²) in [6.07, 6.45) is -0.679. The molecule has 2 rings (SSSR count). The number of rotatable bonds is 6. The number of hydrogen-bond acceptors (Lipinski definition) is 3. The summed E-state index contributed by atoms with van der Waals surface area (Å²) in [5, 5.41) is 10.4. The predicted molar refractivity (Wildman–Crippen MR) is 87.4 cm³/mol. The van der Waals surface area contributed by atoms with E-state index in [-0.39, 0.29) is 5.82 Å². The molecule has 1 N–H and O–H groups in total. The first-order valence-electron chi connectivity index (χ1n) is 7.58. The van der Waals surface area contributed by atoms with Gasteiger partial charge in [0.2, 0.25) is 0 Å². The molecule has 0 aliphatic carbocycles. The minimum atomic E-state index is -0.679. The van der Waals surface area contributed by atoms with E-state index in [0.717, 1.165) is 18.1 Å². The SMILES string of the molecule is Cc1cccc(N(CC(C)C)CC(O)c2ccc(F)cc2)n1. The highest BCUT2D eigenvalue weighted by Crippen LogP contribution is 2.20. The van der Waals surface area contributed by atoms with E-state index in [1.165, 1.54) is 12.1 Å². The van der Waals surface area contributed by atoms with Crippen LogP contribution in [0.4, 0.5) is 10.2 Å². The smallest absolute Gasteiger partial charge is 0.128 e. The molecule has 1 aromatic heterocycles. The second-order valence-electron chi connectivity index (χ2n) is 6.00. The van der Waals surface area contributed by atoms with Gasteiger partial charge in [-0.05, 0) is 42.7 Å². The molecule has 1 unspecified atom stereocenters. The first-order chi connectivity index (χ1) is 10.5. The van der Waals surface area contributed by atoms with Gasteiger partial charge in [-0.15, -0.1) is 0 Å². The molecular formula is C18H23FN2O. The largest absolute Gasteiger partial charge is 0.387 e. The van der Waals surface area contributed by atoms with Crippen LogP contribution in [0, 0.1) is 18.7 Å². The van der Waals surface area contributed by atoms with Crippen LogP contribution in [-0.2, 0) is 0 Å². The van der Waals surface area contributed by atoms with Gasteiger partial charge >= 0.3 is 0 Å². The van der Waals surface area contributed by atoms with E-state index in [1.54, 1.807) is 12.1 Å². The average molecular weight is 302 g/mol. The normalized spacial score (nSPS) is 12.5. The Kier molecular flexibility index (Phi) is 5.50. The maximum absolute atomic E-state index is 13.0. The van der Waals surface area contributed by atoms with Crippen LogP contribution in [0.25, 0.3) is 0 Å². The van der Waals surface area contributed by atoms with Crippen molar-refractivity contribution < 1.29 is 9.50 Å². The molecule has 22 heavy (non-hydrogen) atoms. The third-order valence-corrected chi connectivity index (χ3v) is 3.43. The van der Waals surface area contributed by atoms with Crippen LogP contribution in [0.2, 0.25) is 0 Å². The van der Waals surface area contributed by atoms with Gasteiger partial charge in [-0.25, -0.2) is 9.37 Å². The van der Waals surface area contributed by atoms with Crippen LogP contribution >= 0.6 is 0 Å². The summed E-state index contributed by atoms with van der Waals surface area (Å²) in [4.78, 5) is 6.62. The minimum absolute atomic E-state index is 0.296. The molecule has 2 aromatic rings. The Bertz CT molecular complexity index is 598. The molecule has 0 aliphatic rings. The van der Waals surface area contributed by atoms with E-state index >= 15 is 0 Å². The van der Waals surface area contributed by atoms with Crippen LogP contribution in [0.1, 0.15) is 31.2 Å². The molecule has 0 aliphatic heterocycles. The lowest BCUT2D eigenvalue weighted by Crippen LogP contribution is -2.32. The molecule has 1 atom stereocenters. The van der Waals surface area contributed by atoms with E-state index in [4.69, 9.17) is 0 Å². The van der Waals surface area contributed by atoms with Gasteiger partial charge in [-0.2, -0.15) is 0 Å². The van der Waals surface area contributed by atoms with Crippen molar-refractivity contribution in [3.05, 3.63) is 59.5 Å². The molecule has 0 amide bonds. The summed E-state index contributed by atoms with van der Waals surface area (Å²) in [6.45, 7) is 7.45. The van der Waals surface area contributed by atoms with Gasteiger partial charge in [0, 0.05) is 18.8 Å². The Morgan fingerprint density at radius 3 is 2.36 bits per heavy atom. The van der Waals surface area contributed by atoms with Crippen molar-refractivity contribution in [3.8, 4) is 0 Å². The molecule has 4 heteroatoms. The summed E-state index contributed by atoms with van der Waals surface area (Å²) in [5.74, 6) is 1.01. The van der Waals surface area contributed by atoms with Crippen LogP contribution in [-0.4, -0.2) is 23.2 Å². The van der Waals surface area contributed by atoms with Crippen LogP contribution in [0.15, 0.2) is 42.5 Å². The third kappa shape index (κ3) is 4.53. The summed E-state index contributed by atoms with van der Waals surface area (Å²) in [6, 6.07) is 11.9. The molecule has 0 spiro atoms. The zero-order chi connectivity index (χ0) is 16.1. The Hall–Kier alpha value is -1.94. The molecule has 3 nitrogen and oxygen atoms in total. The molecule has 1 heterocycles. The Balaban J connectivity index is 2.17. The quantitative estimate of drug-likeness (QED) is 0.883. The van der Waals surface area contributed by atoms with Crippen LogP contribution < -0.4 is 4.90 Å². The van der Waals surface area contributed by atoms with E-state index < -0.39 is 6.10 Å². The second kappa shape index (κ2) is 7.36. The zero-order valence-electron chi connectivity index (χ0n) is 13.3. The highest BCUT2D eigenvalue weighted by Gasteiger charge is 2.16. The number of hydrogen-bond donors (Lipinski definition) is 1. The molecule has 0 bridgehead atoms. The number of benzene rings is 1. The van der Waals surface area contributed by atoms with Gasteiger partial charge in [0.25, 0.3) is 0 Å². The maximum Gasteiger partial charge on any atom is 0.128 e. The van der Waals surface area contributed by atoms with E-state index in [9.17, 15) is 9.50 Å². The van der Waals surface area contributed by atoms with Crippen molar-refractivity contribution in [2.24, 2.45) is 5.92 Å². The Morgan fingerprint density at radius 2 is 1.77 bits per heavy atom. The third-order valence-electron chi connectivity index (χ3n) is 3.43. The Labute approximate surface area is 131 Å². The minimum Gasteiger partial charge on any atom is -0.387 e. The number of aliphatic hydroxyl groups excluding tert-OH is 1. The zero-order valence-corrected chi connectivity index (χ0v) is 13.3. The second-order valence-corrected chi connectivity index (χ2v) is 6.00. The summed E-state index contributed by atoms with van der Waals surface area (Å²) >= 11 is 0. The fraction of sp³-hybridized carbons (Fsp3) is 0.389. The van der Waals surface area contributed by atoms with Gasteiger partial charge < -0.3 is 10.0 Å². The molecule has 0 saturated heterocycles. The van der Waals surface area contributed by atoms with Crippen molar-refractivity contribution in [1.82, 2.24) is 4.98 Å². The topological polar surface area (TPSA) is 36.4 Å². The van der Waals surface area contributed by atoms with Crippen molar-refractivity contribution in [2.45, 2.75) is 26.9 Å². The number of aromatic nitrogens is 1. The summed E-state index contributed by atoms with van der Waals surface area (Å²) in [7, 11) is 0. The average Bonchev–Trinajstić information content (AvgIpc) is 2.46. The van der Waals surface area contributed by atoms with E-state index in [2.05, 4.69) is 23.7 Å². The highest BCUT2D eigenvalue weighted by atomic mass is 19.1. The first kappa shape index (κ1) is 16.4. The highest BCUT2D eigenvalue weighted by molar-refractivity contribution is 5.40. The standard InChI is InChI=1S/C18H23FN2O/c1-13(2)11-21(18-6-4-5-14(3)20-18)12-17(22)15-7-9-16(19)10-8-15/h4-10,13,17,22H,11-12H2,1-3H3. The lowest BCUT2D eigenvalue weighted by Gasteiger charge is -2.28. The van der Waals surface area contributed by atoms with Gasteiger partial charge in [-0.1, -0.05) is 32.0 Å². The van der Waals surface area contributed by atoms with E-state index in [0.29, 0.717) is 18.0 Å². The fourth-order valence-electron chi connectivity index (χ4n) is 2.41. The van der Waals surface area contributed by atoms with Crippen molar-refractivity contribution in [1.29, 1.82) is 0 Å². The molecule has 1 aromatic carbocycles. The van der Waals surface area contributed by atoms with Gasteiger partial charge in [-0.3, -0.25) is 0 Å². The number of aliphatic hydroxyl groups is 1. The van der Waals surface area contributed by atoms with Crippen molar-refractivity contribution in [2.75, 3.05) is 18.0 Å². The number of halogens is 1. The van der Waals surface area contributed by atoms with Gasteiger partial charge in [0.15, 0.2) is 0 Å². The van der Waals surface area contributed by atoms with E-state index in [1.807, 2.05) is 25.1 Å². The Morgan fingerprint density at radius 1 is 1.09 bits per heavy atom. The van der Waals surface area contributed by atoms with Crippen molar-refractivity contribution >= 4 is 5.82 Å². The summed E-state index contributed by atoms with van der Waals surface area (Å²) in [5.41, 5.74) is 1.66. The van der Waals surface area contributed by atoms with Crippen LogP contribution in [0.5, 0.6) is 0 Å². The fourth-order valence-corrected chi connectivity index (χ4v) is 2.41. The predicted octanol–water partition coefficient (Wildman–Crippen LogP) is 3.73. The number of pyridine rings is 1. The van der Waals surface area contributed by atoms with Gasteiger partial charge in [0.05, 0.1) is 6.10 Å². The molecule has 0 radical (unpaired) electrons. The maximum atomic E-state index is 13.0. The molecule has 118 valence electrons. The first-order valence-corrected chi connectivity index (χ1v) is 7.58. The summed E-state index contributed by atoms with van der Waals surface area (Å²) < 4.78 is 13.0. The lowest BCUT2D eigenvalue weighted by atomic mass is 10.1.